The van der Waals surface area contributed by atoms with E-state index in [-0.39, 0.29) is 0 Å². The largest absolute Gasteiger partial charge is 0.206 e. The molecule has 0 bridgehead atoms. The monoisotopic (exact) mass is 114 g/mol. The van der Waals surface area contributed by atoms with Crippen LogP contribution in [0, 0.1) is 4.91 Å². The van der Waals surface area contributed by atoms with Crippen LogP contribution in [0.15, 0.2) is 10.5 Å². The molecule has 0 heterocycles. The minimum absolute atomic E-state index is 0.935. The van der Waals surface area contributed by atoms with Crippen molar-refractivity contribution in [3.05, 3.63) is 4.91 Å². The molecule has 0 N–H and O–H groups in total. The highest BCUT2D eigenvalue weighted by molar-refractivity contribution is 5.88. The first-order valence-electron chi connectivity index (χ1n) is 2.48. The molecule has 0 radical (unpaired) electrons. The zero-order valence-electron chi connectivity index (χ0n) is 4.33. The van der Waals surface area contributed by atoms with Gasteiger partial charge in [-0.05, 0) is 19.3 Å². The van der Waals surface area contributed by atoms with E-state index in [9.17, 15) is 4.91 Å². The van der Waals surface area contributed by atoms with Gasteiger partial charge in [0.05, 0.1) is 5.71 Å². The van der Waals surface area contributed by atoms with E-state index in [1.807, 2.05) is 0 Å². The molecular formula is C4H6N2O2. The molecule has 0 aromatic rings. The van der Waals surface area contributed by atoms with Crippen LogP contribution in [-0.2, 0) is 4.94 Å². The van der Waals surface area contributed by atoms with Gasteiger partial charge in [-0.15, -0.1) is 4.91 Å². The average molecular weight is 114 g/mol. The van der Waals surface area contributed by atoms with Crippen LogP contribution in [0.25, 0.3) is 0 Å². The molecule has 0 amide bonds. The van der Waals surface area contributed by atoms with Crippen molar-refractivity contribution in [2.45, 2.75) is 19.3 Å². The Labute approximate surface area is 46.4 Å². The molecular weight excluding hydrogens is 108 g/mol. The summed E-state index contributed by atoms with van der Waals surface area (Å²) in [7, 11) is 0. The lowest BCUT2D eigenvalue weighted by molar-refractivity contribution is 0.148. The summed E-state index contributed by atoms with van der Waals surface area (Å²) >= 11 is 0. The minimum Gasteiger partial charge on any atom is -0.206 e. The Bertz CT molecular complexity index is 115. The highest BCUT2D eigenvalue weighted by Gasteiger charge is 2.10. The second-order valence-electron chi connectivity index (χ2n) is 1.67. The van der Waals surface area contributed by atoms with Crippen LogP contribution in [-0.4, -0.2) is 5.71 Å². The van der Waals surface area contributed by atoms with Gasteiger partial charge in [0, 0.05) is 0 Å². The highest BCUT2D eigenvalue weighted by Crippen LogP contribution is 2.14. The van der Waals surface area contributed by atoms with Gasteiger partial charge in [0.25, 0.3) is 0 Å². The van der Waals surface area contributed by atoms with Gasteiger partial charge in [-0.25, -0.2) is 4.94 Å². The van der Waals surface area contributed by atoms with Gasteiger partial charge in [0.15, 0.2) is 5.34 Å². The third-order valence-corrected chi connectivity index (χ3v) is 1.13. The van der Waals surface area contributed by atoms with Crippen molar-refractivity contribution in [1.82, 2.24) is 0 Å². The Balaban J connectivity index is 2.20. The van der Waals surface area contributed by atoms with Crippen molar-refractivity contribution >= 4 is 5.71 Å². The maximum atomic E-state index is 9.27. The van der Waals surface area contributed by atoms with Gasteiger partial charge < -0.3 is 0 Å². The Hall–Kier alpha value is -0.930. The lowest BCUT2D eigenvalue weighted by Gasteiger charge is -2.10. The first kappa shape index (κ1) is 5.21. The number of hydrogen-bond donors (Lipinski definition) is 0. The van der Waals surface area contributed by atoms with Gasteiger partial charge in [0.1, 0.15) is 0 Å². The molecule has 8 heavy (non-hydrogen) atoms. The molecule has 0 spiro atoms. The number of hydrogen-bond acceptors (Lipinski definition) is 4. The first-order valence-corrected chi connectivity index (χ1v) is 2.48. The van der Waals surface area contributed by atoms with Crippen LogP contribution < -0.4 is 0 Å². The van der Waals surface area contributed by atoms with Crippen molar-refractivity contribution in [1.29, 1.82) is 0 Å². The molecule has 0 atom stereocenters. The molecule has 0 aromatic heterocycles. The summed E-state index contributed by atoms with van der Waals surface area (Å²) in [6.07, 6.45) is 3.06. The molecule has 1 rings (SSSR count). The quantitative estimate of drug-likeness (QED) is 0.400. The molecule has 0 aromatic carbocycles. The lowest BCUT2D eigenvalue weighted by atomic mass is 9.98. The van der Waals surface area contributed by atoms with Crippen molar-refractivity contribution in [2.75, 3.05) is 0 Å². The Kier molecular flexibility index (Phi) is 1.56. The van der Waals surface area contributed by atoms with Gasteiger partial charge in [-0.1, -0.05) is 5.16 Å². The first-order chi connectivity index (χ1) is 3.93. The zero-order chi connectivity index (χ0) is 5.82. The van der Waals surface area contributed by atoms with Crippen LogP contribution in [0.1, 0.15) is 19.3 Å². The van der Waals surface area contributed by atoms with E-state index < -0.39 is 0 Å². The second kappa shape index (κ2) is 2.40. The SMILES string of the molecule is O=NON=C1CCC1. The summed E-state index contributed by atoms with van der Waals surface area (Å²) in [5.74, 6) is 0. The van der Waals surface area contributed by atoms with Crippen molar-refractivity contribution in [3.63, 3.8) is 0 Å². The van der Waals surface area contributed by atoms with Gasteiger partial charge in [-0.2, -0.15) is 0 Å². The van der Waals surface area contributed by atoms with Crippen molar-refractivity contribution in [3.8, 4) is 0 Å². The normalized spacial score (nSPS) is 16.8. The molecule has 4 heteroatoms. The van der Waals surface area contributed by atoms with E-state index in [2.05, 4.69) is 15.4 Å². The van der Waals surface area contributed by atoms with Crippen LogP contribution in [0.4, 0.5) is 0 Å². The molecule has 1 aliphatic carbocycles. The highest BCUT2D eigenvalue weighted by atomic mass is 16.8. The fourth-order valence-electron chi connectivity index (χ4n) is 0.501. The van der Waals surface area contributed by atoms with Crippen LogP contribution in [0.5, 0.6) is 0 Å². The summed E-state index contributed by atoms with van der Waals surface area (Å²) < 4.78 is 0. The molecule has 44 valence electrons. The zero-order valence-corrected chi connectivity index (χ0v) is 4.33. The predicted octanol–water partition coefficient (Wildman–Crippen LogP) is 1.22. The van der Waals surface area contributed by atoms with Crippen molar-refractivity contribution in [2.24, 2.45) is 10.5 Å². The molecule has 0 unspecified atom stereocenters. The Morgan fingerprint density at radius 1 is 1.50 bits per heavy atom. The van der Waals surface area contributed by atoms with E-state index in [0.29, 0.717) is 0 Å². The number of oxime groups is 1. The average Bonchev–Trinajstić information content (AvgIpc) is 1.63. The third-order valence-electron chi connectivity index (χ3n) is 1.13. The summed E-state index contributed by atoms with van der Waals surface area (Å²) in [5.41, 5.74) is 0.935. The summed E-state index contributed by atoms with van der Waals surface area (Å²) in [6.45, 7) is 0. The summed E-state index contributed by atoms with van der Waals surface area (Å²) in [6, 6.07) is 0. The topological polar surface area (TPSA) is 51.0 Å². The molecule has 4 nitrogen and oxygen atoms in total. The smallest absolute Gasteiger partial charge is 0.184 e. The third kappa shape index (κ3) is 1.02. The van der Waals surface area contributed by atoms with Gasteiger partial charge in [-0.3, -0.25) is 0 Å². The van der Waals surface area contributed by atoms with Crippen LogP contribution >= 0.6 is 0 Å². The van der Waals surface area contributed by atoms with E-state index in [1.54, 1.807) is 0 Å². The van der Waals surface area contributed by atoms with Crippen LogP contribution in [0.3, 0.4) is 0 Å². The van der Waals surface area contributed by atoms with Crippen LogP contribution in [0.2, 0.25) is 0 Å². The summed E-state index contributed by atoms with van der Waals surface area (Å²) in [4.78, 5) is 13.2. The van der Waals surface area contributed by atoms with E-state index in [1.165, 1.54) is 0 Å². The predicted molar refractivity (Wildman–Crippen MR) is 28.2 cm³/mol. The fraction of sp³-hybridized carbons (Fsp3) is 0.750. The molecule has 1 saturated carbocycles. The van der Waals surface area contributed by atoms with E-state index >= 15 is 0 Å². The number of nitrogens with zero attached hydrogens (tertiary/aromatic N) is 2. The molecule has 0 saturated heterocycles. The molecule has 1 aliphatic rings. The maximum absolute atomic E-state index is 9.27. The number of rotatable bonds is 2. The molecule has 0 aliphatic heterocycles. The lowest BCUT2D eigenvalue weighted by Crippen LogP contribution is -2.09. The van der Waals surface area contributed by atoms with Gasteiger partial charge >= 0.3 is 0 Å². The minimum atomic E-state index is 0.935. The standard InChI is InChI=1S/C4H6N2O2/c7-6-8-5-4-2-1-3-4/h1-3H2. The Morgan fingerprint density at radius 2 is 2.25 bits per heavy atom. The van der Waals surface area contributed by atoms with E-state index in [0.717, 1.165) is 25.0 Å². The summed E-state index contributed by atoms with van der Waals surface area (Å²) in [5, 5.41) is 5.51. The fourth-order valence-corrected chi connectivity index (χ4v) is 0.501. The second-order valence-corrected chi connectivity index (χ2v) is 1.67. The maximum Gasteiger partial charge on any atom is 0.184 e. The van der Waals surface area contributed by atoms with Crippen molar-refractivity contribution < 1.29 is 4.94 Å². The molecule has 1 fully saturated rings. The van der Waals surface area contributed by atoms with Gasteiger partial charge in [0.2, 0.25) is 0 Å². The Morgan fingerprint density at radius 3 is 2.62 bits per heavy atom. The van der Waals surface area contributed by atoms with E-state index in [4.69, 9.17) is 0 Å².